The highest BCUT2D eigenvalue weighted by Gasteiger charge is 2.22. The Labute approximate surface area is 128 Å². The van der Waals surface area contributed by atoms with Crippen molar-refractivity contribution in [3.63, 3.8) is 0 Å². The number of nitrogens with zero attached hydrogens (tertiary/aromatic N) is 4. The fraction of sp³-hybridized carbons (Fsp3) is 0.312. The van der Waals surface area contributed by atoms with Crippen molar-refractivity contribution in [2.24, 2.45) is 18.0 Å². The standard InChI is InChI=1S/C16H17N5O/c1-21-15(22)13(20-16(21)19-8-10-4-5-10)7-11-9-18-14-12(11)3-2-6-17-14/h2-3,6-7,9-10,22H,4-5,8H2,1H3,(H,19,20). The van der Waals surface area contributed by atoms with Gasteiger partial charge in [0.25, 0.3) is 0 Å². The van der Waals surface area contributed by atoms with Crippen LogP contribution in [0.5, 0.6) is 5.88 Å². The lowest BCUT2D eigenvalue weighted by Gasteiger charge is -2.03. The maximum Gasteiger partial charge on any atom is 0.220 e. The van der Waals surface area contributed by atoms with E-state index in [0.717, 1.165) is 23.6 Å². The molecule has 0 saturated heterocycles. The number of hydrogen-bond donors (Lipinski definition) is 2. The Balaban J connectivity index is 1.64. The molecule has 6 nitrogen and oxygen atoms in total. The first-order valence-corrected chi connectivity index (χ1v) is 7.43. The summed E-state index contributed by atoms with van der Waals surface area (Å²) in [5, 5.41) is 13.6. The van der Waals surface area contributed by atoms with E-state index in [-0.39, 0.29) is 5.88 Å². The van der Waals surface area contributed by atoms with E-state index in [2.05, 4.69) is 20.3 Å². The van der Waals surface area contributed by atoms with Crippen molar-refractivity contribution in [2.75, 3.05) is 11.9 Å². The third-order valence-electron chi connectivity index (χ3n) is 4.05. The van der Waals surface area contributed by atoms with E-state index < -0.39 is 0 Å². The monoisotopic (exact) mass is 295 g/mol. The van der Waals surface area contributed by atoms with Crippen molar-refractivity contribution in [2.45, 2.75) is 12.8 Å². The smallest absolute Gasteiger partial charge is 0.220 e. The molecule has 2 N–H and O–H groups in total. The summed E-state index contributed by atoms with van der Waals surface area (Å²) >= 11 is 0. The lowest BCUT2D eigenvalue weighted by atomic mass is 10.1. The van der Waals surface area contributed by atoms with Crippen LogP contribution in [0.2, 0.25) is 0 Å². The molecule has 1 saturated carbocycles. The average Bonchev–Trinajstić information content (AvgIpc) is 3.23. The van der Waals surface area contributed by atoms with E-state index in [1.165, 1.54) is 12.8 Å². The molecular weight excluding hydrogens is 278 g/mol. The summed E-state index contributed by atoms with van der Waals surface area (Å²) < 4.78 is 1.67. The van der Waals surface area contributed by atoms with Crippen molar-refractivity contribution in [1.29, 1.82) is 0 Å². The Bertz CT molecular complexity index is 786. The Morgan fingerprint density at radius 3 is 3.14 bits per heavy atom. The molecule has 0 unspecified atom stereocenters. The van der Waals surface area contributed by atoms with Gasteiger partial charge in [0.1, 0.15) is 5.69 Å². The summed E-state index contributed by atoms with van der Waals surface area (Å²) in [7, 11) is 1.80. The Kier molecular flexibility index (Phi) is 2.96. The van der Waals surface area contributed by atoms with Crippen molar-refractivity contribution >= 4 is 29.6 Å². The van der Waals surface area contributed by atoms with Gasteiger partial charge in [-0.15, -0.1) is 0 Å². The van der Waals surface area contributed by atoms with E-state index in [1.54, 1.807) is 24.0 Å². The van der Waals surface area contributed by atoms with Crippen LogP contribution >= 0.6 is 0 Å². The maximum absolute atomic E-state index is 10.3. The summed E-state index contributed by atoms with van der Waals surface area (Å²) in [6, 6.07) is 3.84. The van der Waals surface area contributed by atoms with Gasteiger partial charge in [0.05, 0.1) is 0 Å². The first-order chi connectivity index (χ1) is 10.7. The highest BCUT2D eigenvalue weighted by Crippen LogP contribution is 2.33. The van der Waals surface area contributed by atoms with Crippen LogP contribution < -0.4 is 5.32 Å². The molecule has 0 bridgehead atoms. The summed E-state index contributed by atoms with van der Waals surface area (Å²) in [5.41, 5.74) is 2.41. The highest BCUT2D eigenvalue weighted by molar-refractivity contribution is 6.20. The molecule has 0 atom stereocenters. The van der Waals surface area contributed by atoms with Gasteiger partial charge in [-0.25, -0.2) is 15.0 Å². The minimum atomic E-state index is 0.150. The highest BCUT2D eigenvalue weighted by atomic mass is 16.3. The Hall–Kier alpha value is -2.63. The van der Waals surface area contributed by atoms with Gasteiger partial charge in [-0.1, -0.05) is 0 Å². The molecule has 6 heteroatoms. The molecule has 0 amide bonds. The number of anilines is 1. The van der Waals surface area contributed by atoms with Crippen LogP contribution in [0, 0.1) is 5.92 Å². The zero-order valence-corrected chi connectivity index (χ0v) is 12.3. The molecule has 2 aromatic heterocycles. The summed E-state index contributed by atoms with van der Waals surface area (Å²) in [6.07, 6.45) is 7.87. The van der Waals surface area contributed by atoms with Gasteiger partial charge >= 0.3 is 0 Å². The number of allylic oxidation sites excluding steroid dienone is 1. The van der Waals surface area contributed by atoms with E-state index >= 15 is 0 Å². The molecule has 0 spiro atoms. The molecular formula is C16H17N5O. The first-order valence-electron chi connectivity index (χ1n) is 7.43. The zero-order chi connectivity index (χ0) is 15.1. The van der Waals surface area contributed by atoms with E-state index in [4.69, 9.17) is 0 Å². The van der Waals surface area contributed by atoms with Gasteiger partial charge in [0, 0.05) is 37.1 Å². The van der Waals surface area contributed by atoms with Crippen LogP contribution in [0.15, 0.2) is 23.3 Å². The summed E-state index contributed by atoms with van der Waals surface area (Å²) in [5.74, 6) is 2.30. The van der Waals surface area contributed by atoms with Crippen LogP contribution in [0.4, 0.5) is 11.8 Å². The molecule has 0 aromatic carbocycles. The predicted molar refractivity (Wildman–Crippen MR) is 86.3 cm³/mol. The van der Waals surface area contributed by atoms with Crippen LogP contribution in [-0.4, -0.2) is 32.4 Å². The molecule has 0 radical (unpaired) electrons. The van der Waals surface area contributed by atoms with E-state index in [9.17, 15) is 5.11 Å². The van der Waals surface area contributed by atoms with Crippen LogP contribution in [0.25, 0.3) is 11.6 Å². The predicted octanol–water partition coefficient (Wildman–Crippen LogP) is 2.60. The molecule has 1 aliphatic carbocycles. The lowest BCUT2D eigenvalue weighted by Crippen LogP contribution is -2.07. The number of pyridine rings is 1. The van der Waals surface area contributed by atoms with E-state index in [1.807, 2.05) is 18.2 Å². The topological polar surface area (TPSA) is 75.3 Å². The molecule has 4 rings (SSSR count). The lowest BCUT2D eigenvalue weighted by molar-refractivity contribution is 0.432. The number of aromatic nitrogens is 3. The van der Waals surface area contributed by atoms with Crippen LogP contribution in [0.3, 0.4) is 0 Å². The zero-order valence-electron chi connectivity index (χ0n) is 12.3. The quantitative estimate of drug-likeness (QED) is 0.909. The van der Waals surface area contributed by atoms with Crippen LogP contribution in [-0.2, 0) is 7.05 Å². The van der Waals surface area contributed by atoms with Gasteiger partial charge in [0.2, 0.25) is 11.8 Å². The molecule has 1 fully saturated rings. The molecule has 1 aliphatic heterocycles. The van der Waals surface area contributed by atoms with Crippen molar-refractivity contribution in [3.05, 3.63) is 29.6 Å². The number of hydrogen-bond acceptors (Lipinski definition) is 5. The van der Waals surface area contributed by atoms with Crippen molar-refractivity contribution in [3.8, 4) is 5.88 Å². The van der Waals surface area contributed by atoms with Gasteiger partial charge < -0.3 is 10.4 Å². The number of aliphatic imine (C=N–C) groups is 1. The third kappa shape index (κ3) is 2.26. The first kappa shape index (κ1) is 13.1. The van der Waals surface area contributed by atoms with Crippen molar-refractivity contribution in [1.82, 2.24) is 14.5 Å². The van der Waals surface area contributed by atoms with Gasteiger partial charge in [-0.05, 0) is 37.0 Å². The number of imidazole rings is 1. The van der Waals surface area contributed by atoms with Gasteiger partial charge in [-0.3, -0.25) is 4.57 Å². The number of fused-ring (bicyclic) bond motifs is 1. The van der Waals surface area contributed by atoms with Gasteiger partial charge in [0.15, 0.2) is 5.82 Å². The second-order valence-corrected chi connectivity index (χ2v) is 5.76. The second kappa shape index (κ2) is 4.98. The average molecular weight is 295 g/mol. The second-order valence-electron chi connectivity index (χ2n) is 5.76. The SMILES string of the molecule is Cn1c(NCC2CC2)nc(C=C2C=Nc3ncccc32)c1O. The fourth-order valence-corrected chi connectivity index (χ4v) is 2.51. The number of nitrogens with one attached hydrogen (secondary N) is 1. The largest absolute Gasteiger partial charge is 0.493 e. The Morgan fingerprint density at radius 1 is 1.45 bits per heavy atom. The molecule has 22 heavy (non-hydrogen) atoms. The number of rotatable bonds is 4. The summed E-state index contributed by atoms with van der Waals surface area (Å²) in [4.78, 5) is 13.0. The minimum absolute atomic E-state index is 0.150. The minimum Gasteiger partial charge on any atom is -0.493 e. The van der Waals surface area contributed by atoms with Crippen LogP contribution in [0.1, 0.15) is 24.1 Å². The Morgan fingerprint density at radius 2 is 2.32 bits per heavy atom. The van der Waals surface area contributed by atoms with E-state index in [0.29, 0.717) is 17.5 Å². The maximum atomic E-state index is 10.3. The number of aromatic hydroxyl groups is 1. The molecule has 3 heterocycles. The normalized spacial score (nSPS) is 18.0. The molecule has 2 aliphatic rings. The summed E-state index contributed by atoms with van der Waals surface area (Å²) in [6.45, 7) is 0.911. The fourth-order valence-electron chi connectivity index (χ4n) is 2.51. The molecule has 112 valence electrons. The van der Waals surface area contributed by atoms with Gasteiger partial charge in [-0.2, -0.15) is 0 Å². The molecule has 2 aromatic rings. The van der Waals surface area contributed by atoms with Crippen molar-refractivity contribution < 1.29 is 5.11 Å². The third-order valence-corrected chi connectivity index (χ3v) is 4.05.